The number of sulfonamides is 1. The standard InChI is InChI=1S/C29H33ClFN3O4S/c1-29(2,3)32-18-19-9-11-22-25(13-14-38-27(22)15-19)33-28(35)17-26(20-7-5-4-6-8-20)34-39(36,37)21-10-12-24(31)23(30)16-21/h4-12,15-16,25-26,32,34H,13-14,17-18H2,1-3H3,(H,33,35)/t25-,26-/m1/s1. The van der Waals surface area contributed by atoms with Gasteiger partial charge in [-0.3, -0.25) is 4.79 Å². The van der Waals surface area contributed by atoms with Gasteiger partial charge in [-0.05, 0) is 56.2 Å². The van der Waals surface area contributed by atoms with Gasteiger partial charge in [0.05, 0.1) is 28.6 Å². The Labute approximate surface area is 234 Å². The average molecular weight is 574 g/mol. The van der Waals surface area contributed by atoms with Crippen molar-refractivity contribution in [3.05, 3.63) is 94.3 Å². The van der Waals surface area contributed by atoms with Gasteiger partial charge in [-0.25, -0.2) is 17.5 Å². The highest BCUT2D eigenvalue weighted by Crippen LogP contribution is 2.33. The maximum atomic E-state index is 13.6. The SMILES string of the molecule is CC(C)(C)NCc1ccc2c(c1)OCC[C@H]2NC(=O)C[C@@H](NS(=O)(=O)c1ccc(F)c(Cl)c1)c1ccccc1. The van der Waals surface area contributed by atoms with Gasteiger partial charge in [0, 0.05) is 30.5 Å². The number of carbonyl (C=O) groups excluding carboxylic acids is 1. The van der Waals surface area contributed by atoms with Gasteiger partial charge in [0.15, 0.2) is 0 Å². The van der Waals surface area contributed by atoms with Crippen LogP contribution in [0.3, 0.4) is 0 Å². The van der Waals surface area contributed by atoms with Crippen molar-refractivity contribution < 1.29 is 22.3 Å². The molecule has 208 valence electrons. The van der Waals surface area contributed by atoms with E-state index in [1.165, 1.54) is 0 Å². The fraction of sp³-hybridized carbons (Fsp3) is 0.345. The zero-order valence-corrected chi connectivity index (χ0v) is 23.7. The molecule has 2 atom stereocenters. The topological polar surface area (TPSA) is 96.5 Å². The van der Waals surface area contributed by atoms with Gasteiger partial charge in [-0.1, -0.05) is 54.1 Å². The van der Waals surface area contributed by atoms with Gasteiger partial charge < -0.3 is 15.4 Å². The summed E-state index contributed by atoms with van der Waals surface area (Å²) in [7, 11) is -4.10. The van der Waals surface area contributed by atoms with Crippen LogP contribution in [0.4, 0.5) is 4.39 Å². The van der Waals surface area contributed by atoms with Crippen molar-refractivity contribution in [2.24, 2.45) is 0 Å². The zero-order chi connectivity index (χ0) is 28.2. The summed E-state index contributed by atoms with van der Waals surface area (Å²) < 4.78 is 48.3. The maximum absolute atomic E-state index is 13.6. The molecule has 0 aliphatic carbocycles. The molecule has 1 aliphatic rings. The third-order valence-corrected chi connectivity index (χ3v) is 8.12. The van der Waals surface area contributed by atoms with Crippen molar-refractivity contribution >= 4 is 27.5 Å². The fourth-order valence-corrected chi connectivity index (χ4v) is 5.81. The van der Waals surface area contributed by atoms with E-state index in [9.17, 15) is 17.6 Å². The lowest BCUT2D eigenvalue weighted by Crippen LogP contribution is -2.37. The van der Waals surface area contributed by atoms with Gasteiger partial charge >= 0.3 is 0 Å². The number of hydrogen-bond acceptors (Lipinski definition) is 5. The highest BCUT2D eigenvalue weighted by Gasteiger charge is 2.28. The van der Waals surface area contributed by atoms with Crippen LogP contribution in [0.15, 0.2) is 71.6 Å². The van der Waals surface area contributed by atoms with Gasteiger partial charge in [0.2, 0.25) is 15.9 Å². The van der Waals surface area contributed by atoms with E-state index < -0.39 is 21.9 Å². The van der Waals surface area contributed by atoms with Crippen LogP contribution in [-0.4, -0.2) is 26.5 Å². The highest BCUT2D eigenvalue weighted by molar-refractivity contribution is 7.89. The minimum absolute atomic E-state index is 0.0208. The molecule has 39 heavy (non-hydrogen) atoms. The number of rotatable bonds is 9. The van der Waals surface area contributed by atoms with E-state index in [1.807, 2.05) is 18.2 Å². The first-order valence-corrected chi connectivity index (χ1v) is 14.6. The molecule has 0 radical (unpaired) electrons. The minimum Gasteiger partial charge on any atom is -0.493 e. The van der Waals surface area contributed by atoms with Crippen LogP contribution in [0.1, 0.15) is 62.4 Å². The summed E-state index contributed by atoms with van der Waals surface area (Å²) in [5.41, 5.74) is 2.56. The van der Waals surface area contributed by atoms with Crippen molar-refractivity contribution in [1.82, 2.24) is 15.4 Å². The Bertz CT molecular complexity index is 1430. The summed E-state index contributed by atoms with van der Waals surface area (Å²) in [5, 5.41) is 6.20. The quantitative estimate of drug-likeness (QED) is 0.318. The van der Waals surface area contributed by atoms with E-state index in [0.717, 1.165) is 35.1 Å². The molecule has 3 aromatic rings. The van der Waals surface area contributed by atoms with E-state index in [-0.39, 0.29) is 33.8 Å². The van der Waals surface area contributed by atoms with E-state index in [2.05, 4.69) is 36.1 Å². The number of hydrogen-bond donors (Lipinski definition) is 3. The normalized spacial score (nSPS) is 16.2. The number of halogens is 2. The second kappa shape index (κ2) is 12.0. The molecule has 1 heterocycles. The van der Waals surface area contributed by atoms with Crippen molar-refractivity contribution in [3.8, 4) is 5.75 Å². The second-order valence-electron chi connectivity index (χ2n) is 10.6. The minimum atomic E-state index is -4.10. The molecule has 0 unspecified atom stereocenters. The van der Waals surface area contributed by atoms with Crippen LogP contribution in [0.25, 0.3) is 0 Å². The summed E-state index contributed by atoms with van der Waals surface area (Å²) in [4.78, 5) is 13.0. The second-order valence-corrected chi connectivity index (χ2v) is 12.7. The largest absolute Gasteiger partial charge is 0.493 e. The molecule has 4 rings (SSSR count). The Kier molecular flexibility index (Phi) is 8.96. The van der Waals surface area contributed by atoms with Crippen LogP contribution in [-0.2, 0) is 21.4 Å². The Balaban J connectivity index is 1.50. The monoisotopic (exact) mass is 573 g/mol. The Morgan fingerprint density at radius 3 is 2.54 bits per heavy atom. The number of fused-ring (bicyclic) bond motifs is 1. The molecule has 7 nitrogen and oxygen atoms in total. The first-order valence-electron chi connectivity index (χ1n) is 12.7. The Morgan fingerprint density at radius 1 is 1.10 bits per heavy atom. The van der Waals surface area contributed by atoms with Crippen LogP contribution in [0.5, 0.6) is 5.75 Å². The number of nitrogens with one attached hydrogen (secondary N) is 3. The summed E-state index contributed by atoms with van der Waals surface area (Å²) >= 11 is 5.81. The van der Waals surface area contributed by atoms with Crippen molar-refractivity contribution in [2.45, 2.75) is 62.7 Å². The Hall–Kier alpha value is -2.98. The van der Waals surface area contributed by atoms with Crippen molar-refractivity contribution in [3.63, 3.8) is 0 Å². The number of carbonyl (C=O) groups is 1. The highest BCUT2D eigenvalue weighted by atomic mass is 35.5. The third-order valence-electron chi connectivity index (χ3n) is 6.37. The molecule has 1 aliphatic heterocycles. The Morgan fingerprint density at radius 2 is 1.85 bits per heavy atom. The molecule has 0 fully saturated rings. The van der Waals surface area contributed by atoms with Crippen LogP contribution in [0, 0.1) is 5.82 Å². The molecule has 3 N–H and O–H groups in total. The molecule has 0 saturated carbocycles. The molecular formula is C29H33ClFN3O4S. The number of ether oxygens (including phenoxy) is 1. The third kappa shape index (κ3) is 7.79. The van der Waals surface area contributed by atoms with E-state index in [0.29, 0.717) is 25.1 Å². The van der Waals surface area contributed by atoms with Crippen LogP contribution >= 0.6 is 11.6 Å². The fourth-order valence-electron chi connectivity index (χ4n) is 4.31. The number of amides is 1. The average Bonchev–Trinajstić information content (AvgIpc) is 2.88. The van der Waals surface area contributed by atoms with Crippen LogP contribution in [0.2, 0.25) is 5.02 Å². The molecule has 0 spiro atoms. The van der Waals surface area contributed by atoms with E-state index >= 15 is 0 Å². The summed E-state index contributed by atoms with van der Waals surface area (Å²) in [6.07, 6.45) is 0.451. The smallest absolute Gasteiger partial charge is 0.241 e. The molecule has 0 aromatic heterocycles. The molecule has 0 saturated heterocycles. The molecular weight excluding hydrogens is 541 g/mol. The molecule has 1 amide bonds. The lowest BCUT2D eigenvalue weighted by atomic mass is 9.97. The first kappa shape index (κ1) is 29.0. The number of benzene rings is 3. The predicted octanol–water partition coefficient (Wildman–Crippen LogP) is 5.42. The molecule has 3 aromatic carbocycles. The summed E-state index contributed by atoms with van der Waals surface area (Å²) in [6, 6.07) is 16.9. The van der Waals surface area contributed by atoms with Crippen molar-refractivity contribution in [2.75, 3.05) is 6.61 Å². The van der Waals surface area contributed by atoms with Gasteiger partial charge in [0.1, 0.15) is 11.6 Å². The van der Waals surface area contributed by atoms with E-state index in [1.54, 1.807) is 30.3 Å². The molecule has 10 heteroatoms. The summed E-state index contributed by atoms with van der Waals surface area (Å²) in [5.74, 6) is -0.308. The van der Waals surface area contributed by atoms with Gasteiger partial charge in [-0.15, -0.1) is 0 Å². The van der Waals surface area contributed by atoms with Crippen LogP contribution < -0.4 is 20.1 Å². The maximum Gasteiger partial charge on any atom is 0.241 e. The molecule has 0 bridgehead atoms. The predicted molar refractivity (Wildman–Crippen MR) is 150 cm³/mol. The van der Waals surface area contributed by atoms with Gasteiger partial charge in [0.25, 0.3) is 0 Å². The summed E-state index contributed by atoms with van der Waals surface area (Å²) in [6.45, 7) is 7.45. The van der Waals surface area contributed by atoms with Crippen molar-refractivity contribution in [1.29, 1.82) is 0 Å². The lowest BCUT2D eigenvalue weighted by molar-refractivity contribution is -0.122. The lowest BCUT2D eigenvalue weighted by Gasteiger charge is -2.28. The first-order chi connectivity index (χ1) is 18.4. The van der Waals surface area contributed by atoms with Gasteiger partial charge in [-0.2, -0.15) is 0 Å². The van der Waals surface area contributed by atoms with E-state index in [4.69, 9.17) is 16.3 Å². The zero-order valence-electron chi connectivity index (χ0n) is 22.1.